The smallest absolute Gasteiger partial charge is 0.234 e. The highest BCUT2D eigenvalue weighted by Crippen LogP contribution is 2.03. The molecular formula is C12H25N3O3. The van der Waals surface area contributed by atoms with Crippen LogP contribution in [-0.2, 0) is 14.3 Å². The van der Waals surface area contributed by atoms with Crippen LogP contribution < -0.4 is 10.6 Å². The second-order valence-corrected chi connectivity index (χ2v) is 4.48. The van der Waals surface area contributed by atoms with E-state index in [0.717, 1.165) is 26.1 Å². The lowest BCUT2D eigenvalue weighted by Crippen LogP contribution is -2.49. The van der Waals surface area contributed by atoms with Gasteiger partial charge < -0.3 is 20.1 Å². The van der Waals surface area contributed by atoms with Crippen LogP contribution in [-0.4, -0.2) is 77.0 Å². The minimum Gasteiger partial charge on any atom is -0.385 e. The monoisotopic (exact) mass is 259 g/mol. The Balaban J connectivity index is 2.14. The van der Waals surface area contributed by atoms with Crippen molar-refractivity contribution in [1.29, 1.82) is 0 Å². The molecule has 1 aliphatic rings. The average Bonchev–Trinajstić information content (AvgIpc) is 2.35. The molecule has 2 N–H and O–H groups in total. The van der Waals surface area contributed by atoms with Gasteiger partial charge in [-0.2, -0.15) is 0 Å². The van der Waals surface area contributed by atoms with E-state index in [-0.39, 0.29) is 12.0 Å². The van der Waals surface area contributed by atoms with E-state index in [1.165, 1.54) is 0 Å². The second kappa shape index (κ2) is 9.27. The number of morpholine rings is 1. The molecule has 0 aromatic carbocycles. The summed E-state index contributed by atoms with van der Waals surface area (Å²) in [7, 11) is 3.57. The van der Waals surface area contributed by atoms with Gasteiger partial charge in [0, 0.05) is 39.9 Å². The minimum atomic E-state index is 0.0798. The summed E-state index contributed by atoms with van der Waals surface area (Å²) in [6.07, 6.45) is 1.04. The van der Waals surface area contributed by atoms with Crippen molar-refractivity contribution in [2.75, 3.05) is 60.1 Å². The average molecular weight is 259 g/mol. The van der Waals surface area contributed by atoms with E-state index in [1.807, 2.05) is 7.05 Å². The Morgan fingerprint density at radius 1 is 1.56 bits per heavy atom. The lowest BCUT2D eigenvalue weighted by molar-refractivity contribution is -0.124. The molecule has 0 aromatic heterocycles. The first-order valence-corrected chi connectivity index (χ1v) is 6.50. The maximum atomic E-state index is 11.7. The first kappa shape index (κ1) is 15.4. The Morgan fingerprint density at radius 3 is 3.11 bits per heavy atom. The van der Waals surface area contributed by atoms with Crippen LogP contribution in [0.3, 0.4) is 0 Å². The van der Waals surface area contributed by atoms with Crippen molar-refractivity contribution in [3.8, 4) is 0 Å². The quantitative estimate of drug-likeness (QED) is 0.551. The highest BCUT2D eigenvalue weighted by molar-refractivity contribution is 5.77. The number of hydrogen-bond acceptors (Lipinski definition) is 5. The van der Waals surface area contributed by atoms with Gasteiger partial charge in [0.2, 0.25) is 5.91 Å². The molecule has 1 aliphatic heterocycles. The van der Waals surface area contributed by atoms with Crippen molar-refractivity contribution >= 4 is 5.91 Å². The summed E-state index contributed by atoms with van der Waals surface area (Å²) < 4.78 is 10.5. The molecule has 18 heavy (non-hydrogen) atoms. The molecule has 1 amide bonds. The molecule has 0 bridgehead atoms. The van der Waals surface area contributed by atoms with Gasteiger partial charge >= 0.3 is 0 Å². The van der Waals surface area contributed by atoms with Gasteiger partial charge in [-0.05, 0) is 13.5 Å². The Hall–Kier alpha value is -0.690. The molecule has 1 rings (SSSR count). The third-order valence-corrected chi connectivity index (χ3v) is 2.87. The SMILES string of the molecule is CNCC1CN(CC(=O)NCCCOC)CCO1. The number of amides is 1. The van der Waals surface area contributed by atoms with E-state index in [0.29, 0.717) is 26.3 Å². The molecule has 106 valence electrons. The molecule has 1 atom stereocenters. The van der Waals surface area contributed by atoms with Gasteiger partial charge in [0.1, 0.15) is 0 Å². The van der Waals surface area contributed by atoms with Crippen molar-refractivity contribution in [3.05, 3.63) is 0 Å². The molecule has 6 heteroatoms. The number of methoxy groups -OCH3 is 1. The Bertz CT molecular complexity index is 237. The Morgan fingerprint density at radius 2 is 2.39 bits per heavy atom. The van der Waals surface area contributed by atoms with E-state index >= 15 is 0 Å². The Labute approximate surface area is 109 Å². The fourth-order valence-corrected chi connectivity index (χ4v) is 1.98. The van der Waals surface area contributed by atoms with Crippen LogP contribution >= 0.6 is 0 Å². The fraction of sp³-hybridized carbons (Fsp3) is 0.917. The van der Waals surface area contributed by atoms with Gasteiger partial charge in [-0.1, -0.05) is 0 Å². The summed E-state index contributed by atoms with van der Waals surface area (Å²) in [6.45, 7) is 4.98. The van der Waals surface area contributed by atoms with Crippen LogP contribution in [0.4, 0.5) is 0 Å². The van der Waals surface area contributed by atoms with Crippen LogP contribution in [0.15, 0.2) is 0 Å². The molecule has 0 aromatic rings. The van der Waals surface area contributed by atoms with E-state index in [4.69, 9.17) is 9.47 Å². The number of nitrogens with one attached hydrogen (secondary N) is 2. The predicted octanol–water partition coefficient (Wildman–Crippen LogP) is -0.941. The van der Waals surface area contributed by atoms with E-state index < -0.39 is 0 Å². The van der Waals surface area contributed by atoms with Gasteiger partial charge in [0.05, 0.1) is 19.3 Å². The maximum absolute atomic E-state index is 11.7. The molecule has 1 heterocycles. The summed E-state index contributed by atoms with van der Waals surface area (Å²) in [5, 5.41) is 5.99. The third-order valence-electron chi connectivity index (χ3n) is 2.87. The molecule has 0 aliphatic carbocycles. The van der Waals surface area contributed by atoms with E-state index in [2.05, 4.69) is 15.5 Å². The van der Waals surface area contributed by atoms with Crippen LogP contribution in [0.1, 0.15) is 6.42 Å². The third kappa shape index (κ3) is 6.30. The first-order valence-electron chi connectivity index (χ1n) is 6.50. The number of nitrogens with zero attached hydrogens (tertiary/aromatic N) is 1. The summed E-state index contributed by atoms with van der Waals surface area (Å²) in [6, 6.07) is 0. The normalized spacial score (nSPS) is 20.9. The second-order valence-electron chi connectivity index (χ2n) is 4.48. The highest BCUT2D eigenvalue weighted by atomic mass is 16.5. The summed E-state index contributed by atoms with van der Waals surface area (Å²) in [5.41, 5.74) is 0. The Kier molecular flexibility index (Phi) is 7.91. The van der Waals surface area contributed by atoms with Gasteiger partial charge in [-0.15, -0.1) is 0 Å². The predicted molar refractivity (Wildman–Crippen MR) is 69.6 cm³/mol. The number of rotatable bonds is 8. The number of carbonyl (C=O) groups excluding carboxylic acids is 1. The number of ether oxygens (including phenoxy) is 2. The van der Waals surface area contributed by atoms with E-state index in [1.54, 1.807) is 7.11 Å². The molecule has 1 saturated heterocycles. The molecule has 0 saturated carbocycles. The zero-order chi connectivity index (χ0) is 13.2. The lowest BCUT2D eigenvalue weighted by atomic mass is 10.2. The van der Waals surface area contributed by atoms with Crippen molar-refractivity contribution < 1.29 is 14.3 Å². The standard InChI is InChI=1S/C12H25N3O3/c1-13-8-11-9-15(5-7-18-11)10-12(16)14-4-3-6-17-2/h11,13H,3-10H2,1-2H3,(H,14,16). The minimum absolute atomic E-state index is 0.0798. The number of hydrogen-bond donors (Lipinski definition) is 2. The highest BCUT2D eigenvalue weighted by Gasteiger charge is 2.21. The molecule has 0 spiro atoms. The molecule has 1 unspecified atom stereocenters. The topological polar surface area (TPSA) is 62.8 Å². The fourth-order valence-electron chi connectivity index (χ4n) is 1.98. The van der Waals surface area contributed by atoms with Crippen LogP contribution in [0, 0.1) is 0 Å². The number of carbonyl (C=O) groups is 1. The van der Waals surface area contributed by atoms with Crippen molar-refractivity contribution in [1.82, 2.24) is 15.5 Å². The van der Waals surface area contributed by atoms with Gasteiger partial charge in [0.15, 0.2) is 0 Å². The van der Waals surface area contributed by atoms with Crippen molar-refractivity contribution in [3.63, 3.8) is 0 Å². The first-order chi connectivity index (χ1) is 8.76. The maximum Gasteiger partial charge on any atom is 0.234 e. The molecule has 0 radical (unpaired) electrons. The zero-order valence-electron chi connectivity index (χ0n) is 11.4. The van der Waals surface area contributed by atoms with Crippen molar-refractivity contribution in [2.45, 2.75) is 12.5 Å². The summed E-state index contributed by atoms with van der Waals surface area (Å²) >= 11 is 0. The molecular weight excluding hydrogens is 234 g/mol. The van der Waals surface area contributed by atoms with Gasteiger partial charge in [-0.3, -0.25) is 9.69 Å². The summed E-state index contributed by atoms with van der Waals surface area (Å²) in [4.78, 5) is 13.8. The van der Waals surface area contributed by atoms with Crippen LogP contribution in [0.25, 0.3) is 0 Å². The summed E-state index contributed by atoms with van der Waals surface area (Å²) in [5.74, 6) is 0.0798. The lowest BCUT2D eigenvalue weighted by Gasteiger charge is -2.32. The largest absolute Gasteiger partial charge is 0.385 e. The van der Waals surface area contributed by atoms with Crippen molar-refractivity contribution in [2.24, 2.45) is 0 Å². The molecule has 1 fully saturated rings. The van der Waals surface area contributed by atoms with Gasteiger partial charge in [0.25, 0.3) is 0 Å². The van der Waals surface area contributed by atoms with Gasteiger partial charge in [-0.25, -0.2) is 0 Å². The van der Waals surface area contributed by atoms with E-state index in [9.17, 15) is 4.79 Å². The van der Waals surface area contributed by atoms with Crippen LogP contribution in [0.5, 0.6) is 0 Å². The molecule has 6 nitrogen and oxygen atoms in total. The van der Waals surface area contributed by atoms with Crippen LogP contribution in [0.2, 0.25) is 0 Å². The zero-order valence-corrected chi connectivity index (χ0v) is 11.4. The number of likely N-dealkylation sites (N-methyl/N-ethyl adjacent to an activating group) is 1.